The lowest BCUT2D eigenvalue weighted by Crippen LogP contribution is -2.38. The number of fused-ring (bicyclic) bond motifs is 1. The van der Waals surface area contributed by atoms with Crippen LogP contribution in [0.3, 0.4) is 0 Å². The number of aryl methyl sites for hydroxylation is 3. The van der Waals surface area contributed by atoms with Crippen molar-refractivity contribution in [2.24, 2.45) is 7.05 Å². The Morgan fingerprint density at radius 3 is 2.79 bits per heavy atom. The highest BCUT2D eigenvalue weighted by atomic mass is 16.5. The van der Waals surface area contributed by atoms with Crippen molar-refractivity contribution in [3.63, 3.8) is 0 Å². The Balaban J connectivity index is 1.35. The quantitative estimate of drug-likeness (QED) is 0.665. The van der Waals surface area contributed by atoms with E-state index in [1.807, 2.05) is 35.7 Å². The summed E-state index contributed by atoms with van der Waals surface area (Å²) in [5.41, 5.74) is 4.30. The molecule has 3 heterocycles. The van der Waals surface area contributed by atoms with Gasteiger partial charge in [-0.25, -0.2) is 4.98 Å². The topological polar surface area (TPSA) is 60.2 Å². The zero-order valence-electron chi connectivity index (χ0n) is 17.4. The van der Waals surface area contributed by atoms with Crippen molar-refractivity contribution in [2.75, 3.05) is 20.2 Å². The summed E-state index contributed by atoms with van der Waals surface area (Å²) in [6.07, 6.45) is 4.98. The fourth-order valence-corrected chi connectivity index (χ4v) is 4.25. The second-order valence-corrected chi connectivity index (χ2v) is 7.84. The van der Waals surface area contributed by atoms with Gasteiger partial charge in [0.1, 0.15) is 5.75 Å². The number of ether oxygens (including phenoxy) is 1. The summed E-state index contributed by atoms with van der Waals surface area (Å²) in [6, 6.07) is 10.2. The lowest BCUT2D eigenvalue weighted by molar-refractivity contribution is -0.132. The number of hydrogen-bond donors (Lipinski definition) is 0. The van der Waals surface area contributed by atoms with Gasteiger partial charge < -0.3 is 9.64 Å². The Morgan fingerprint density at radius 1 is 1.24 bits per heavy atom. The largest absolute Gasteiger partial charge is 0.496 e. The molecular weight excluding hydrogens is 364 g/mol. The Labute approximate surface area is 171 Å². The van der Waals surface area contributed by atoms with E-state index in [0.29, 0.717) is 12.3 Å². The second kappa shape index (κ2) is 8.23. The highest BCUT2D eigenvalue weighted by Crippen LogP contribution is 2.32. The summed E-state index contributed by atoms with van der Waals surface area (Å²) in [5, 5.41) is 5.85. The van der Waals surface area contributed by atoms with Crippen molar-refractivity contribution in [1.29, 1.82) is 0 Å². The molecule has 4 rings (SSSR count). The predicted octanol–water partition coefficient (Wildman–Crippen LogP) is 3.62. The third-order valence-corrected chi connectivity index (χ3v) is 5.96. The molecule has 1 aliphatic heterocycles. The maximum Gasteiger partial charge on any atom is 0.222 e. The molecule has 1 aromatic carbocycles. The van der Waals surface area contributed by atoms with Crippen LogP contribution in [0.25, 0.3) is 11.0 Å². The molecule has 0 atom stereocenters. The van der Waals surface area contributed by atoms with Crippen molar-refractivity contribution < 1.29 is 9.53 Å². The molecule has 0 N–H and O–H groups in total. The van der Waals surface area contributed by atoms with E-state index in [4.69, 9.17) is 9.84 Å². The minimum Gasteiger partial charge on any atom is -0.496 e. The van der Waals surface area contributed by atoms with Gasteiger partial charge in [0.15, 0.2) is 5.65 Å². The third-order valence-electron chi connectivity index (χ3n) is 5.96. The lowest BCUT2D eigenvalue weighted by Gasteiger charge is -2.31. The molecule has 2 aromatic heterocycles. The maximum absolute atomic E-state index is 12.7. The number of aromatic nitrogens is 3. The molecular formula is C23H28N4O2. The van der Waals surface area contributed by atoms with Gasteiger partial charge in [0.2, 0.25) is 5.91 Å². The number of nitrogens with zero attached hydrogens (tertiary/aromatic N) is 4. The monoisotopic (exact) mass is 392 g/mol. The zero-order valence-corrected chi connectivity index (χ0v) is 17.4. The molecule has 1 aliphatic rings. The standard InChI is InChI=1S/C23H28N4O2/c1-16-6-7-17(15-20(16)29-3)8-9-21(28)27-13-10-18(11-14-27)22-19-5-4-12-24-23(19)26(2)25-22/h4-7,12,15,18H,8-11,13-14H2,1-3H3. The van der Waals surface area contributed by atoms with Gasteiger partial charge in [0.05, 0.1) is 12.8 Å². The van der Waals surface area contributed by atoms with Gasteiger partial charge in [-0.05, 0) is 55.5 Å². The molecule has 29 heavy (non-hydrogen) atoms. The van der Waals surface area contributed by atoms with Gasteiger partial charge in [-0.2, -0.15) is 5.10 Å². The Kier molecular flexibility index (Phi) is 5.51. The maximum atomic E-state index is 12.7. The fourth-order valence-electron chi connectivity index (χ4n) is 4.25. The molecule has 1 saturated heterocycles. The van der Waals surface area contributed by atoms with Gasteiger partial charge in [0.25, 0.3) is 0 Å². The minimum absolute atomic E-state index is 0.232. The third kappa shape index (κ3) is 3.97. The van der Waals surface area contributed by atoms with Crippen LogP contribution < -0.4 is 4.74 Å². The van der Waals surface area contributed by atoms with E-state index in [1.54, 1.807) is 13.3 Å². The van der Waals surface area contributed by atoms with E-state index < -0.39 is 0 Å². The molecule has 0 spiro atoms. The van der Waals surface area contributed by atoms with Crippen molar-refractivity contribution in [3.8, 4) is 5.75 Å². The van der Waals surface area contributed by atoms with Crippen LogP contribution in [0.5, 0.6) is 5.75 Å². The molecule has 0 saturated carbocycles. The molecule has 0 unspecified atom stereocenters. The number of likely N-dealkylation sites (tertiary alicyclic amines) is 1. The Hall–Kier alpha value is -2.89. The molecule has 1 amide bonds. The first-order chi connectivity index (χ1) is 14.1. The van der Waals surface area contributed by atoms with Crippen LogP contribution in [0.2, 0.25) is 0 Å². The van der Waals surface area contributed by atoms with Crippen molar-refractivity contribution in [1.82, 2.24) is 19.7 Å². The van der Waals surface area contributed by atoms with Gasteiger partial charge in [-0.15, -0.1) is 0 Å². The SMILES string of the molecule is COc1cc(CCC(=O)N2CCC(c3nn(C)c4ncccc34)CC2)ccc1C. The van der Waals surface area contributed by atoms with Crippen molar-refractivity contribution >= 4 is 16.9 Å². The zero-order chi connectivity index (χ0) is 20.4. The van der Waals surface area contributed by atoms with Gasteiger partial charge in [0, 0.05) is 44.1 Å². The average Bonchev–Trinajstić information content (AvgIpc) is 3.10. The minimum atomic E-state index is 0.232. The van der Waals surface area contributed by atoms with E-state index in [1.165, 1.54) is 0 Å². The number of amides is 1. The van der Waals surface area contributed by atoms with E-state index in [2.05, 4.69) is 23.2 Å². The fraction of sp³-hybridized carbons (Fsp3) is 0.435. The van der Waals surface area contributed by atoms with E-state index in [-0.39, 0.29) is 5.91 Å². The first kappa shape index (κ1) is 19.4. The smallest absolute Gasteiger partial charge is 0.222 e. The van der Waals surface area contributed by atoms with E-state index in [0.717, 1.165) is 66.0 Å². The Bertz CT molecular complexity index is 1020. The molecule has 0 aliphatic carbocycles. The highest BCUT2D eigenvalue weighted by Gasteiger charge is 2.27. The van der Waals surface area contributed by atoms with Crippen molar-refractivity contribution in [2.45, 2.75) is 38.5 Å². The molecule has 6 nitrogen and oxygen atoms in total. The van der Waals surface area contributed by atoms with Crippen LogP contribution in [0.4, 0.5) is 0 Å². The van der Waals surface area contributed by atoms with Gasteiger partial charge >= 0.3 is 0 Å². The van der Waals surface area contributed by atoms with E-state index in [9.17, 15) is 4.79 Å². The number of benzene rings is 1. The number of pyridine rings is 1. The van der Waals surface area contributed by atoms with Crippen LogP contribution in [-0.2, 0) is 18.3 Å². The summed E-state index contributed by atoms with van der Waals surface area (Å²) in [5.74, 6) is 1.50. The predicted molar refractivity (Wildman–Crippen MR) is 113 cm³/mol. The summed E-state index contributed by atoms with van der Waals surface area (Å²) in [7, 11) is 3.62. The van der Waals surface area contributed by atoms with Crippen molar-refractivity contribution in [3.05, 3.63) is 53.3 Å². The number of rotatable bonds is 5. The second-order valence-electron chi connectivity index (χ2n) is 7.84. The van der Waals surface area contributed by atoms with Crippen LogP contribution in [0.15, 0.2) is 36.5 Å². The summed E-state index contributed by atoms with van der Waals surface area (Å²) in [6.45, 7) is 3.61. The number of hydrogen-bond acceptors (Lipinski definition) is 4. The molecule has 3 aromatic rings. The summed E-state index contributed by atoms with van der Waals surface area (Å²) in [4.78, 5) is 19.2. The molecule has 6 heteroatoms. The number of methoxy groups -OCH3 is 1. The molecule has 152 valence electrons. The first-order valence-electron chi connectivity index (χ1n) is 10.3. The van der Waals surface area contributed by atoms with Crippen LogP contribution in [-0.4, -0.2) is 45.8 Å². The molecule has 0 bridgehead atoms. The highest BCUT2D eigenvalue weighted by molar-refractivity contribution is 5.79. The summed E-state index contributed by atoms with van der Waals surface area (Å²) >= 11 is 0. The van der Waals surface area contributed by atoms with Crippen LogP contribution in [0, 0.1) is 6.92 Å². The Morgan fingerprint density at radius 2 is 2.03 bits per heavy atom. The van der Waals surface area contributed by atoms with Crippen LogP contribution in [0.1, 0.15) is 42.0 Å². The molecule has 1 fully saturated rings. The van der Waals surface area contributed by atoms with Crippen LogP contribution >= 0.6 is 0 Å². The van der Waals surface area contributed by atoms with Gasteiger partial charge in [-0.1, -0.05) is 12.1 Å². The summed E-state index contributed by atoms with van der Waals surface area (Å²) < 4.78 is 7.25. The molecule has 0 radical (unpaired) electrons. The number of carbonyl (C=O) groups excluding carboxylic acids is 1. The lowest BCUT2D eigenvalue weighted by atomic mass is 9.92. The first-order valence-corrected chi connectivity index (χ1v) is 10.3. The van der Waals surface area contributed by atoms with E-state index >= 15 is 0 Å². The van der Waals surface area contributed by atoms with Gasteiger partial charge in [-0.3, -0.25) is 9.48 Å². The average molecular weight is 393 g/mol. The number of carbonyl (C=O) groups is 1. The normalized spacial score (nSPS) is 15.1. The number of piperidine rings is 1.